The molecule has 88 valence electrons. The van der Waals surface area contributed by atoms with Crippen molar-refractivity contribution in [1.29, 1.82) is 0 Å². The number of hydrogen-bond donors (Lipinski definition) is 1. The fourth-order valence-electron chi connectivity index (χ4n) is 2.60. The summed E-state index contributed by atoms with van der Waals surface area (Å²) < 4.78 is 0. The van der Waals surface area contributed by atoms with Crippen LogP contribution in [-0.2, 0) is 12.8 Å². The van der Waals surface area contributed by atoms with Crippen LogP contribution < -0.4 is 5.32 Å². The molecule has 3 rings (SSSR count). The molecule has 1 atom stereocenters. The smallest absolute Gasteiger partial charge is 0.0480 e. The van der Waals surface area contributed by atoms with Crippen molar-refractivity contribution in [2.75, 3.05) is 5.32 Å². The van der Waals surface area contributed by atoms with E-state index in [1.165, 1.54) is 27.3 Å². The lowest BCUT2D eigenvalue weighted by atomic mass is 10.1. The van der Waals surface area contributed by atoms with Crippen LogP contribution in [0.2, 0.25) is 0 Å². The number of anilines is 1. The maximum Gasteiger partial charge on any atom is 0.0480 e. The first-order valence-electron chi connectivity index (χ1n) is 6.11. The Morgan fingerprint density at radius 2 is 1.94 bits per heavy atom. The Bertz CT molecular complexity index is 542. The number of benzene rings is 1. The van der Waals surface area contributed by atoms with E-state index in [4.69, 9.17) is 0 Å². The van der Waals surface area contributed by atoms with E-state index in [1.807, 2.05) is 11.3 Å². The van der Waals surface area contributed by atoms with Crippen molar-refractivity contribution in [3.63, 3.8) is 0 Å². The molecule has 1 N–H and O–H groups in total. The van der Waals surface area contributed by atoms with Gasteiger partial charge in [-0.3, -0.25) is 0 Å². The molecule has 1 aromatic heterocycles. The molecule has 0 radical (unpaired) electrons. The van der Waals surface area contributed by atoms with Crippen LogP contribution in [0.15, 0.2) is 29.6 Å². The van der Waals surface area contributed by atoms with E-state index in [0.717, 1.165) is 12.8 Å². The van der Waals surface area contributed by atoms with Gasteiger partial charge in [0.1, 0.15) is 0 Å². The Labute approximate surface area is 106 Å². The van der Waals surface area contributed by atoms with Gasteiger partial charge in [0.2, 0.25) is 0 Å². The van der Waals surface area contributed by atoms with Crippen molar-refractivity contribution in [3.05, 3.63) is 51.2 Å². The van der Waals surface area contributed by atoms with Crippen LogP contribution >= 0.6 is 11.3 Å². The molecule has 1 heterocycles. The lowest BCUT2D eigenvalue weighted by Crippen LogP contribution is -2.19. The zero-order valence-electron chi connectivity index (χ0n) is 10.3. The van der Waals surface area contributed by atoms with E-state index in [0.29, 0.717) is 6.04 Å². The van der Waals surface area contributed by atoms with Crippen LogP contribution in [-0.4, -0.2) is 6.04 Å². The van der Waals surface area contributed by atoms with Crippen molar-refractivity contribution >= 4 is 17.0 Å². The monoisotopic (exact) mass is 243 g/mol. The summed E-state index contributed by atoms with van der Waals surface area (Å²) >= 11 is 1.81. The van der Waals surface area contributed by atoms with Gasteiger partial charge in [-0.25, -0.2) is 0 Å². The van der Waals surface area contributed by atoms with Gasteiger partial charge in [0.25, 0.3) is 0 Å². The zero-order chi connectivity index (χ0) is 11.8. The summed E-state index contributed by atoms with van der Waals surface area (Å²) in [6, 6.07) is 9.59. The Balaban J connectivity index is 1.76. The third-order valence-electron chi connectivity index (χ3n) is 3.51. The van der Waals surface area contributed by atoms with E-state index < -0.39 is 0 Å². The number of rotatable bonds is 2. The van der Waals surface area contributed by atoms with Crippen LogP contribution in [0.3, 0.4) is 0 Å². The van der Waals surface area contributed by atoms with Crippen molar-refractivity contribution in [2.24, 2.45) is 0 Å². The molecule has 1 aliphatic carbocycles. The molecule has 1 nitrogen and oxygen atoms in total. The Kier molecular flexibility index (Phi) is 2.67. The van der Waals surface area contributed by atoms with Gasteiger partial charge in [0, 0.05) is 16.6 Å². The summed E-state index contributed by atoms with van der Waals surface area (Å²) in [5.74, 6) is 0. The highest BCUT2D eigenvalue weighted by molar-refractivity contribution is 7.10. The summed E-state index contributed by atoms with van der Waals surface area (Å²) in [6.07, 6.45) is 2.32. The average Bonchev–Trinajstić information content (AvgIpc) is 2.85. The normalized spacial score (nSPS) is 18.1. The number of fused-ring (bicyclic) bond motifs is 1. The summed E-state index contributed by atoms with van der Waals surface area (Å²) in [7, 11) is 0. The first kappa shape index (κ1) is 10.8. The Morgan fingerprint density at radius 1 is 1.12 bits per heavy atom. The molecule has 0 saturated heterocycles. The van der Waals surface area contributed by atoms with E-state index in [9.17, 15) is 0 Å². The second-order valence-electron chi connectivity index (χ2n) is 4.91. The molecule has 0 fully saturated rings. The summed E-state index contributed by atoms with van der Waals surface area (Å²) in [4.78, 5) is 1.39. The van der Waals surface area contributed by atoms with Crippen molar-refractivity contribution < 1.29 is 0 Å². The number of nitrogens with one attached hydrogen (secondary N) is 1. The van der Waals surface area contributed by atoms with E-state index in [2.05, 4.69) is 48.8 Å². The van der Waals surface area contributed by atoms with E-state index >= 15 is 0 Å². The molecule has 1 aromatic carbocycles. The molecule has 0 spiro atoms. The minimum Gasteiger partial charge on any atom is -0.381 e. The van der Waals surface area contributed by atoms with Crippen LogP contribution in [0.1, 0.15) is 21.6 Å². The number of thiophene rings is 1. The predicted octanol–water partition coefficient (Wildman–Crippen LogP) is 3.94. The molecular weight excluding hydrogens is 226 g/mol. The summed E-state index contributed by atoms with van der Waals surface area (Å²) in [5.41, 5.74) is 5.72. The molecule has 0 bridgehead atoms. The number of aryl methyl sites for hydroxylation is 2. The van der Waals surface area contributed by atoms with Crippen LogP contribution in [0.4, 0.5) is 5.69 Å². The summed E-state index contributed by atoms with van der Waals surface area (Å²) in [6.45, 7) is 4.35. The van der Waals surface area contributed by atoms with E-state index in [1.54, 1.807) is 0 Å². The van der Waals surface area contributed by atoms with Gasteiger partial charge in [-0.2, -0.15) is 0 Å². The molecule has 0 saturated carbocycles. The van der Waals surface area contributed by atoms with Crippen molar-refractivity contribution in [1.82, 2.24) is 0 Å². The highest BCUT2D eigenvalue weighted by Gasteiger charge is 2.21. The van der Waals surface area contributed by atoms with Gasteiger partial charge < -0.3 is 5.32 Å². The topological polar surface area (TPSA) is 12.0 Å². The lowest BCUT2D eigenvalue weighted by Gasteiger charge is -2.12. The second kappa shape index (κ2) is 4.19. The second-order valence-corrected chi connectivity index (χ2v) is 6.03. The molecule has 1 aliphatic rings. The van der Waals surface area contributed by atoms with Gasteiger partial charge in [0.15, 0.2) is 0 Å². The van der Waals surface area contributed by atoms with Crippen molar-refractivity contribution in [2.45, 2.75) is 32.7 Å². The molecule has 17 heavy (non-hydrogen) atoms. The molecule has 0 aliphatic heterocycles. The third kappa shape index (κ3) is 2.09. The Morgan fingerprint density at radius 3 is 2.71 bits per heavy atom. The minimum absolute atomic E-state index is 0.570. The largest absolute Gasteiger partial charge is 0.381 e. The van der Waals surface area contributed by atoms with Crippen molar-refractivity contribution in [3.8, 4) is 0 Å². The van der Waals surface area contributed by atoms with Crippen LogP contribution in [0.25, 0.3) is 0 Å². The first-order chi connectivity index (χ1) is 8.22. The van der Waals surface area contributed by atoms with Gasteiger partial charge in [-0.15, -0.1) is 11.3 Å². The zero-order valence-corrected chi connectivity index (χ0v) is 11.1. The molecule has 1 unspecified atom stereocenters. The third-order valence-corrected chi connectivity index (χ3v) is 4.36. The lowest BCUT2D eigenvalue weighted by molar-refractivity contribution is 0.774. The Hall–Kier alpha value is -1.28. The molecule has 0 amide bonds. The molecule has 2 heteroatoms. The number of hydrogen-bond acceptors (Lipinski definition) is 2. The standard InChI is InChI=1S/C15H17NS/c1-10-3-4-12-8-14(9-13(12)7-10)16-15-5-6-17-11(15)2/h3-7,14,16H,8-9H2,1-2H3. The van der Waals surface area contributed by atoms with Crippen LogP contribution in [0.5, 0.6) is 0 Å². The first-order valence-corrected chi connectivity index (χ1v) is 6.99. The maximum atomic E-state index is 3.67. The highest BCUT2D eigenvalue weighted by Crippen LogP contribution is 2.28. The molecule has 2 aromatic rings. The van der Waals surface area contributed by atoms with Gasteiger partial charge in [-0.1, -0.05) is 23.8 Å². The van der Waals surface area contributed by atoms with Gasteiger partial charge in [0.05, 0.1) is 0 Å². The predicted molar refractivity (Wildman–Crippen MR) is 75.1 cm³/mol. The van der Waals surface area contributed by atoms with Gasteiger partial charge >= 0.3 is 0 Å². The average molecular weight is 243 g/mol. The van der Waals surface area contributed by atoms with Gasteiger partial charge in [-0.05, 0) is 49.3 Å². The fourth-order valence-corrected chi connectivity index (χ4v) is 3.27. The summed E-state index contributed by atoms with van der Waals surface area (Å²) in [5, 5.41) is 5.82. The minimum atomic E-state index is 0.570. The maximum absolute atomic E-state index is 3.67. The quantitative estimate of drug-likeness (QED) is 0.842. The SMILES string of the molecule is Cc1ccc2c(c1)CC(Nc1ccsc1C)C2. The fraction of sp³-hybridized carbons (Fsp3) is 0.333. The van der Waals surface area contributed by atoms with Crippen LogP contribution in [0, 0.1) is 13.8 Å². The highest BCUT2D eigenvalue weighted by atomic mass is 32.1. The van der Waals surface area contributed by atoms with E-state index in [-0.39, 0.29) is 0 Å². The molecular formula is C15H17NS.